The highest BCUT2D eigenvalue weighted by molar-refractivity contribution is 5.26. The van der Waals surface area contributed by atoms with Crippen LogP contribution < -0.4 is 4.90 Å². The van der Waals surface area contributed by atoms with Gasteiger partial charge in [0.05, 0.1) is 24.7 Å². The van der Waals surface area contributed by atoms with Crippen molar-refractivity contribution in [2.75, 3.05) is 6.54 Å². The molecule has 3 saturated carbocycles. The minimum atomic E-state index is -0.0759. The molecular weight excluding hydrogens is 354 g/mol. The number of hydrogen-bond acceptors (Lipinski definition) is 1. The van der Waals surface area contributed by atoms with Gasteiger partial charge in [0.15, 0.2) is 0 Å². The van der Waals surface area contributed by atoms with Crippen LogP contribution in [0.5, 0.6) is 0 Å². The maximum atomic E-state index is 10.3. The minimum absolute atomic E-state index is 0.0759. The van der Waals surface area contributed by atoms with Crippen molar-refractivity contribution in [1.29, 1.82) is 0 Å². The van der Waals surface area contributed by atoms with Crippen LogP contribution in [0.1, 0.15) is 85.5 Å². The molecule has 0 radical (unpaired) electrons. The summed E-state index contributed by atoms with van der Waals surface area (Å²) in [5.74, 6) is 5.59. The largest absolute Gasteiger partial charge is 0.393 e. The topological polar surface area (TPSA) is 24.7 Å². The van der Waals surface area contributed by atoms with Gasteiger partial charge in [-0.25, -0.2) is 0 Å². The second-order valence-electron chi connectivity index (χ2n) is 13.0. The van der Waals surface area contributed by atoms with Crippen molar-refractivity contribution >= 4 is 0 Å². The number of piperidine rings is 1. The first kappa shape index (κ1) is 19.4. The van der Waals surface area contributed by atoms with Gasteiger partial charge >= 0.3 is 0 Å². The zero-order valence-electron chi connectivity index (χ0n) is 19.3. The van der Waals surface area contributed by atoms with Crippen LogP contribution in [-0.4, -0.2) is 29.8 Å². The summed E-state index contributed by atoms with van der Waals surface area (Å²) in [6, 6.07) is 1.92. The molecule has 0 aromatic carbocycles. The monoisotopic (exact) mass is 398 g/mol. The zero-order valence-corrected chi connectivity index (χ0v) is 19.3. The lowest BCUT2D eigenvalue weighted by Gasteiger charge is -2.58. The molecule has 2 nitrogen and oxygen atoms in total. The van der Waals surface area contributed by atoms with E-state index in [-0.39, 0.29) is 6.10 Å². The Kier molecular flexibility index (Phi) is 4.23. The molecule has 2 saturated heterocycles. The van der Waals surface area contributed by atoms with Gasteiger partial charge in [0.1, 0.15) is 0 Å². The van der Waals surface area contributed by atoms with Crippen molar-refractivity contribution in [3.63, 3.8) is 0 Å². The van der Waals surface area contributed by atoms with E-state index in [1.54, 1.807) is 5.57 Å². The average molecular weight is 399 g/mol. The second-order valence-corrected chi connectivity index (χ2v) is 13.0. The van der Waals surface area contributed by atoms with Crippen LogP contribution in [0.3, 0.4) is 0 Å². The number of quaternary nitrogens is 1. The van der Waals surface area contributed by atoms with Crippen LogP contribution >= 0.6 is 0 Å². The van der Waals surface area contributed by atoms with E-state index in [1.807, 2.05) is 4.90 Å². The number of allylic oxidation sites excluding steroid dienone is 1. The van der Waals surface area contributed by atoms with Crippen LogP contribution in [0, 0.1) is 46.3 Å². The van der Waals surface area contributed by atoms with Crippen molar-refractivity contribution in [3.8, 4) is 0 Å². The fourth-order valence-electron chi connectivity index (χ4n) is 10.7. The fraction of sp³-hybridized carbons (Fsp3) is 0.926. The molecule has 0 spiro atoms. The highest BCUT2D eigenvalue weighted by Gasteiger charge is 2.68. The van der Waals surface area contributed by atoms with E-state index < -0.39 is 0 Å². The Bertz CT molecular complexity index is 715. The van der Waals surface area contributed by atoms with Gasteiger partial charge in [-0.15, -0.1) is 0 Å². The molecule has 162 valence electrons. The summed E-state index contributed by atoms with van der Waals surface area (Å²) in [5.41, 5.74) is 2.61. The lowest BCUT2D eigenvalue weighted by molar-refractivity contribution is -0.946. The quantitative estimate of drug-likeness (QED) is 0.586. The van der Waals surface area contributed by atoms with Crippen molar-refractivity contribution in [2.24, 2.45) is 46.3 Å². The Hall–Kier alpha value is -0.340. The maximum Gasteiger partial charge on any atom is 0.0918 e. The second kappa shape index (κ2) is 6.35. The molecule has 2 heteroatoms. The first-order valence-corrected chi connectivity index (χ1v) is 13.1. The predicted molar refractivity (Wildman–Crippen MR) is 118 cm³/mol. The van der Waals surface area contributed by atoms with E-state index >= 15 is 0 Å². The summed E-state index contributed by atoms with van der Waals surface area (Å²) in [7, 11) is 0. The molecule has 12 atom stereocenters. The van der Waals surface area contributed by atoms with E-state index in [1.165, 1.54) is 51.5 Å². The Labute approximate surface area is 178 Å². The van der Waals surface area contributed by atoms with E-state index in [4.69, 9.17) is 0 Å². The summed E-state index contributed by atoms with van der Waals surface area (Å²) < 4.78 is 0. The molecule has 1 unspecified atom stereocenters. The summed E-state index contributed by atoms with van der Waals surface area (Å²) >= 11 is 0. The van der Waals surface area contributed by atoms with E-state index in [0.717, 1.165) is 60.4 Å². The Morgan fingerprint density at radius 3 is 2.66 bits per heavy atom. The van der Waals surface area contributed by atoms with Gasteiger partial charge in [-0.05, 0) is 73.5 Å². The highest BCUT2D eigenvalue weighted by Crippen LogP contribution is 2.67. The van der Waals surface area contributed by atoms with Gasteiger partial charge in [0.25, 0.3) is 0 Å². The fourth-order valence-corrected chi connectivity index (χ4v) is 10.7. The van der Waals surface area contributed by atoms with Crippen molar-refractivity contribution in [1.82, 2.24) is 0 Å². The Morgan fingerprint density at radius 2 is 1.83 bits per heavy atom. The molecule has 2 aliphatic heterocycles. The molecule has 0 aromatic rings. The molecule has 6 rings (SSSR count). The average Bonchev–Trinajstić information content (AvgIpc) is 3.15. The zero-order chi connectivity index (χ0) is 20.1. The molecule has 0 amide bonds. The van der Waals surface area contributed by atoms with Gasteiger partial charge < -0.3 is 10.0 Å². The third-order valence-corrected chi connectivity index (χ3v) is 11.9. The smallest absolute Gasteiger partial charge is 0.0918 e. The molecule has 0 aromatic heterocycles. The summed E-state index contributed by atoms with van der Waals surface area (Å²) in [5, 5.41) is 10.3. The van der Waals surface area contributed by atoms with Crippen LogP contribution in [0.4, 0.5) is 0 Å². The molecule has 29 heavy (non-hydrogen) atoms. The molecule has 5 fully saturated rings. The Balaban J connectivity index is 1.33. The van der Waals surface area contributed by atoms with Gasteiger partial charge in [-0.1, -0.05) is 39.3 Å². The van der Waals surface area contributed by atoms with Gasteiger partial charge in [-0.3, -0.25) is 0 Å². The van der Waals surface area contributed by atoms with Gasteiger partial charge in [-0.2, -0.15) is 0 Å². The molecule has 6 aliphatic rings. The van der Waals surface area contributed by atoms with Gasteiger partial charge in [0.2, 0.25) is 0 Å². The summed E-state index contributed by atoms with van der Waals surface area (Å²) in [4.78, 5) is 2.03. The summed E-state index contributed by atoms with van der Waals surface area (Å²) in [6.45, 7) is 11.9. The van der Waals surface area contributed by atoms with Crippen LogP contribution in [0.25, 0.3) is 0 Å². The number of aliphatic hydroxyl groups excluding tert-OH is 1. The van der Waals surface area contributed by atoms with E-state index in [0.29, 0.717) is 10.8 Å². The first-order chi connectivity index (χ1) is 13.8. The third-order valence-electron chi connectivity index (χ3n) is 11.9. The number of aliphatic hydroxyl groups is 1. The number of hydrogen-bond donors (Lipinski definition) is 2. The lowest BCUT2D eigenvalue weighted by atomic mass is 9.47. The number of nitrogens with one attached hydrogen (secondary N) is 1. The molecule has 0 bridgehead atoms. The first-order valence-electron chi connectivity index (χ1n) is 13.1. The maximum absolute atomic E-state index is 10.3. The van der Waals surface area contributed by atoms with Crippen molar-refractivity contribution in [3.05, 3.63) is 11.6 Å². The molecule has 2 N–H and O–H groups in total. The summed E-state index contributed by atoms with van der Waals surface area (Å²) in [6.07, 6.45) is 14.5. The Morgan fingerprint density at radius 1 is 1.00 bits per heavy atom. The number of fused-ring (bicyclic) bond motifs is 9. The molecular formula is C27H44NO+. The minimum Gasteiger partial charge on any atom is -0.393 e. The van der Waals surface area contributed by atoms with Crippen molar-refractivity contribution < 1.29 is 10.0 Å². The normalized spacial score (nSPS) is 61.1. The molecule has 2 heterocycles. The lowest BCUT2D eigenvalue weighted by Crippen LogP contribution is -3.18. The number of rotatable bonds is 0. The van der Waals surface area contributed by atoms with Crippen molar-refractivity contribution in [2.45, 2.75) is 104 Å². The van der Waals surface area contributed by atoms with E-state index in [2.05, 4.69) is 33.8 Å². The predicted octanol–water partition coefficient (Wildman–Crippen LogP) is 4.24. The van der Waals surface area contributed by atoms with Crippen LogP contribution in [-0.2, 0) is 0 Å². The molecule has 4 aliphatic carbocycles. The van der Waals surface area contributed by atoms with E-state index in [9.17, 15) is 5.11 Å². The van der Waals surface area contributed by atoms with Gasteiger partial charge in [0, 0.05) is 30.6 Å². The van der Waals surface area contributed by atoms with Crippen LogP contribution in [0.15, 0.2) is 11.6 Å². The standard InChI is InChI=1S/C27H43NO/c1-16-5-8-23-17(2)25-24(28(23)15-16)14-22-20-7-6-18-13-19(29)9-11-26(18,3)21(20)10-12-27(22,25)4/h6,16-17,19-25,29H,5,7-15H2,1-4H3/p+1/t16-,17+,19-,20+,21-,22-,23+,24-,25-,26-,27-/m0/s1. The SMILES string of the molecule is C[C@H]1CC[C@@H]2[C@@H](C)[C@H]3[C@H](C[C@H]4[C@@H]5CC=C6C[C@@H](O)CC[C@]6(C)[C@H]5CC[C@]34C)[NH+]2C1. The highest BCUT2D eigenvalue weighted by atomic mass is 16.3. The third kappa shape index (κ3) is 2.48. The van der Waals surface area contributed by atoms with Crippen LogP contribution in [0.2, 0.25) is 0 Å².